The fraction of sp³-hybridized carbons (Fsp3) is 0.600. The van der Waals surface area contributed by atoms with E-state index in [4.69, 9.17) is 4.74 Å². The zero-order valence-electron chi connectivity index (χ0n) is 17.6. The average Bonchev–Trinajstić information content (AvgIpc) is 2.68. The highest BCUT2D eigenvalue weighted by atomic mass is 32.2. The van der Waals surface area contributed by atoms with Crippen molar-refractivity contribution in [2.75, 3.05) is 39.3 Å². The summed E-state index contributed by atoms with van der Waals surface area (Å²) in [5.74, 6) is -0.164. The molecular weight excluding hydrogens is 394 g/mol. The first kappa shape index (κ1) is 23.3. The molecule has 1 saturated heterocycles. The summed E-state index contributed by atoms with van der Waals surface area (Å²) in [7, 11) is -3.64. The number of nitrogens with one attached hydrogen (secondary N) is 1. The van der Waals surface area contributed by atoms with E-state index >= 15 is 0 Å². The molecule has 8 nitrogen and oxygen atoms in total. The standard InChI is InChI=1S/C20H31N3O5S/c1-5-28-20(25)17-6-8-18(9-7-17)29(26,27)23-12-10-22(11-13-23)14-19(24)21-16(4)15(2)3/h6-9,15-16H,5,10-14H2,1-4H3,(H,21,24)/t16-/m0/s1. The first-order chi connectivity index (χ1) is 13.6. The minimum atomic E-state index is -3.64. The molecule has 0 saturated carbocycles. The van der Waals surface area contributed by atoms with E-state index in [1.54, 1.807) is 6.92 Å². The lowest BCUT2D eigenvalue weighted by molar-refractivity contribution is -0.123. The van der Waals surface area contributed by atoms with Gasteiger partial charge in [0.05, 0.1) is 23.6 Å². The van der Waals surface area contributed by atoms with Crippen molar-refractivity contribution in [2.45, 2.75) is 38.6 Å². The van der Waals surface area contributed by atoms with Gasteiger partial charge in [-0.15, -0.1) is 0 Å². The summed E-state index contributed by atoms with van der Waals surface area (Å²) >= 11 is 0. The van der Waals surface area contributed by atoms with Crippen LogP contribution in [0.4, 0.5) is 0 Å². The van der Waals surface area contributed by atoms with Gasteiger partial charge >= 0.3 is 5.97 Å². The van der Waals surface area contributed by atoms with E-state index < -0.39 is 16.0 Å². The SMILES string of the molecule is CCOC(=O)c1ccc(S(=O)(=O)N2CCN(CC(=O)N[C@@H](C)C(C)C)CC2)cc1. The molecule has 1 heterocycles. The van der Waals surface area contributed by atoms with Gasteiger partial charge in [0.1, 0.15) is 0 Å². The van der Waals surface area contributed by atoms with Gasteiger partial charge in [-0.3, -0.25) is 9.69 Å². The third kappa shape index (κ3) is 6.25. The molecule has 1 aliphatic heterocycles. The van der Waals surface area contributed by atoms with Gasteiger partial charge in [0, 0.05) is 32.2 Å². The van der Waals surface area contributed by atoms with Crippen LogP contribution in [0, 0.1) is 5.92 Å². The van der Waals surface area contributed by atoms with Gasteiger partial charge in [0.25, 0.3) is 0 Å². The molecule has 1 aliphatic rings. The zero-order valence-corrected chi connectivity index (χ0v) is 18.4. The third-order valence-electron chi connectivity index (χ3n) is 5.09. The first-order valence-electron chi connectivity index (χ1n) is 9.94. The van der Waals surface area contributed by atoms with Crippen molar-refractivity contribution in [1.29, 1.82) is 0 Å². The molecule has 29 heavy (non-hydrogen) atoms. The molecule has 1 amide bonds. The maximum absolute atomic E-state index is 12.9. The number of carbonyl (C=O) groups is 2. The summed E-state index contributed by atoms with van der Waals surface area (Å²) in [6, 6.07) is 5.87. The van der Waals surface area contributed by atoms with Gasteiger partial charge in [-0.05, 0) is 44.0 Å². The van der Waals surface area contributed by atoms with Gasteiger partial charge < -0.3 is 10.1 Å². The van der Waals surface area contributed by atoms with Gasteiger partial charge in [-0.25, -0.2) is 13.2 Å². The fourth-order valence-electron chi connectivity index (χ4n) is 2.92. The Morgan fingerprint density at radius 2 is 1.66 bits per heavy atom. The maximum atomic E-state index is 12.9. The van der Waals surface area contributed by atoms with Gasteiger partial charge in [0.2, 0.25) is 15.9 Å². The van der Waals surface area contributed by atoms with Gasteiger partial charge in [-0.2, -0.15) is 4.31 Å². The number of piperazine rings is 1. The molecule has 1 aromatic rings. The van der Waals surface area contributed by atoms with E-state index in [1.165, 1.54) is 28.6 Å². The molecule has 1 fully saturated rings. The van der Waals surface area contributed by atoms with Crippen molar-refractivity contribution in [3.63, 3.8) is 0 Å². The second kappa shape index (κ2) is 10.2. The van der Waals surface area contributed by atoms with Crippen LogP contribution in [0.3, 0.4) is 0 Å². The Morgan fingerprint density at radius 1 is 1.07 bits per heavy atom. The molecule has 1 aromatic carbocycles. The first-order valence-corrected chi connectivity index (χ1v) is 11.4. The molecule has 0 unspecified atom stereocenters. The van der Waals surface area contributed by atoms with Crippen molar-refractivity contribution in [2.24, 2.45) is 5.92 Å². The molecule has 9 heteroatoms. The Labute approximate surface area is 173 Å². The van der Waals surface area contributed by atoms with Crippen LogP contribution in [0.25, 0.3) is 0 Å². The van der Waals surface area contributed by atoms with E-state index in [0.717, 1.165) is 0 Å². The summed E-state index contributed by atoms with van der Waals surface area (Å²) in [5.41, 5.74) is 0.317. The number of carbonyl (C=O) groups excluding carboxylic acids is 2. The maximum Gasteiger partial charge on any atom is 0.338 e. The Hall–Kier alpha value is -1.97. The van der Waals surface area contributed by atoms with Crippen LogP contribution in [-0.2, 0) is 19.6 Å². The predicted molar refractivity (Wildman–Crippen MR) is 110 cm³/mol. The highest BCUT2D eigenvalue weighted by Gasteiger charge is 2.29. The van der Waals surface area contributed by atoms with E-state index in [0.29, 0.717) is 37.7 Å². The smallest absolute Gasteiger partial charge is 0.338 e. The molecular formula is C20H31N3O5S. The summed E-state index contributed by atoms with van der Waals surface area (Å²) in [4.78, 5) is 26.0. The van der Waals surface area contributed by atoms with Crippen molar-refractivity contribution in [1.82, 2.24) is 14.5 Å². The Kier molecular flexibility index (Phi) is 8.18. The van der Waals surface area contributed by atoms with Crippen LogP contribution in [0.1, 0.15) is 38.1 Å². The van der Waals surface area contributed by atoms with Crippen LogP contribution in [0.2, 0.25) is 0 Å². The minimum Gasteiger partial charge on any atom is -0.462 e. The molecule has 0 aliphatic carbocycles. The summed E-state index contributed by atoms with van der Waals surface area (Å²) in [5, 5.41) is 2.97. The van der Waals surface area contributed by atoms with Crippen molar-refractivity contribution < 1.29 is 22.7 Å². The summed E-state index contributed by atoms with van der Waals surface area (Å²) in [6.07, 6.45) is 0. The molecule has 0 radical (unpaired) electrons. The van der Waals surface area contributed by atoms with Gasteiger partial charge in [0.15, 0.2) is 0 Å². The summed E-state index contributed by atoms with van der Waals surface area (Å²) < 4.78 is 32.0. The molecule has 0 aromatic heterocycles. The minimum absolute atomic E-state index is 0.0444. The second-order valence-corrected chi connectivity index (χ2v) is 9.46. The van der Waals surface area contributed by atoms with E-state index in [9.17, 15) is 18.0 Å². The van der Waals surface area contributed by atoms with Crippen molar-refractivity contribution in [3.05, 3.63) is 29.8 Å². The highest BCUT2D eigenvalue weighted by Crippen LogP contribution is 2.18. The van der Waals surface area contributed by atoms with Crippen LogP contribution < -0.4 is 5.32 Å². The lowest BCUT2D eigenvalue weighted by Crippen LogP contribution is -2.51. The topological polar surface area (TPSA) is 96.0 Å². The number of hydrogen-bond donors (Lipinski definition) is 1. The van der Waals surface area contributed by atoms with Crippen molar-refractivity contribution >= 4 is 21.9 Å². The number of benzene rings is 1. The van der Waals surface area contributed by atoms with Crippen molar-refractivity contribution in [3.8, 4) is 0 Å². The van der Waals surface area contributed by atoms with Gasteiger partial charge in [-0.1, -0.05) is 13.8 Å². The molecule has 1 atom stereocenters. The number of ether oxygens (including phenoxy) is 1. The lowest BCUT2D eigenvalue weighted by Gasteiger charge is -2.33. The number of esters is 1. The molecule has 162 valence electrons. The Morgan fingerprint density at radius 3 is 2.17 bits per heavy atom. The van der Waals surface area contributed by atoms with Crippen LogP contribution >= 0.6 is 0 Å². The number of amides is 1. The quantitative estimate of drug-likeness (QED) is 0.632. The third-order valence-corrected chi connectivity index (χ3v) is 7.00. The number of nitrogens with zero attached hydrogens (tertiary/aromatic N) is 2. The van der Waals surface area contributed by atoms with E-state index in [1.807, 2.05) is 25.7 Å². The zero-order chi connectivity index (χ0) is 21.6. The monoisotopic (exact) mass is 425 g/mol. The molecule has 0 bridgehead atoms. The number of rotatable bonds is 8. The predicted octanol–water partition coefficient (Wildman–Crippen LogP) is 1.33. The van der Waals surface area contributed by atoms with Crippen LogP contribution in [-0.4, -0.2) is 74.9 Å². The van der Waals surface area contributed by atoms with Crippen LogP contribution in [0.5, 0.6) is 0 Å². The second-order valence-electron chi connectivity index (χ2n) is 7.53. The Bertz CT molecular complexity index is 800. The fourth-order valence-corrected chi connectivity index (χ4v) is 4.35. The molecule has 2 rings (SSSR count). The average molecular weight is 426 g/mol. The molecule has 1 N–H and O–H groups in total. The van der Waals surface area contributed by atoms with E-state index in [-0.39, 0.29) is 30.0 Å². The normalized spacial score (nSPS) is 17.1. The number of hydrogen-bond acceptors (Lipinski definition) is 6. The summed E-state index contributed by atoms with van der Waals surface area (Å²) in [6.45, 7) is 9.92. The largest absolute Gasteiger partial charge is 0.462 e. The lowest BCUT2D eigenvalue weighted by atomic mass is 10.1. The Balaban J connectivity index is 1.92. The highest BCUT2D eigenvalue weighted by molar-refractivity contribution is 7.89. The number of sulfonamides is 1. The van der Waals surface area contributed by atoms with Crippen LogP contribution in [0.15, 0.2) is 29.2 Å². The molecule has 0 spiro atoms. The van der Waals surface area contributed by atoms with E-state index in [2.05, 4.69) is 5.32 Å².